The standard InChI is InChI=1S/C28H35N5O4/c1-22-9-11-25(12-10-22)36-15-13-30(2)27(34)21-33-19-24(17-29-33)31(3)28(35)26-20-32(14-16-37-26)18-23-7-5-4-6-8-23/h4-12,17,19,26H,13-16,18,20-21H2,1-3H3. The van der Waals surface area contributed by atoms with Gasteiger partial charge in [-0.05, 0) is 24.6 Å². The third kappa shape index (κ3) is 7.41. The van der Waals surface area contributed by atoms with E-state index in [4.69, 9.17) is 9.47 Å². The van der Waals surface area contributed by atoms with Crippen LogP contribution in [0.3, 0.4) is 0 Å². The van der Waals surface area contributed by atoms with Gasteiger partial charge >= 0.3 is 0 Å². The van der Waals surface area contributed by atoms with Gasteiger partial charge in [0.05, 0.1) is 25.0 Å². The number of aryl methyl sites for hydroxylation is 1. The van der Waals surface area contributed by atoms with Crippen LogP contribution in [0, 0.1) is 6.92 Å². The number of benzene rings is 2. The molecule has 2 amide bonds. The second kappa shape index (κ2) is 12.5. The molecule has 0 radical (unpaired) electrons. The second-order valence-electron chi connectivity index (χ2n) is 9.35. The van der Waals surface area contributed by atoms with Crippen molar-refractivity contribution in [1.29, 1.82) is 0 Å². The Balaban J connectivity index is 1.25. The van der Waals surface area contributed by atoms with E-state index < -0.39 is 6.10 Å². The van der Waals surface area contributed by atoms with E-state index in [1.54, 1.807) is 41.0 Å². The lowest BCUT2D eigenvalue weighted by atomic mass is 10.2. The summed E-state index contributed by atoms with van der Waals surface area (Å²) in [4.78, 5) is 31.2. The van der Waals surface area contributed by atoms with E-state index in [2.05, 4.69) is 22.1 Å². The number of morpholine rings is 1. The lowest BCUT2D eigenvalue weighted by Crippen LogP contribution is -2.50. The van der Waals surface area contributed by atoms with Gasteiger partial charge in [0.25, 0.3) is 5.91 Å². The molecule has 1 unspecified atom stereocenters. The van der Waals surface area contributed by atoms with E-state index in [9.17, 15) is 9.59 Å². The van der Waals surface area contributed by atoms with Crippen molar-refractivity contribution < 1.29 is 19.1 Å². The van der Waals surface area contributed by atoms with Gasteiger partial charge in [0.15, 0.2) is 0 Å². The Hall–Kier alpha value is -3.69. The highest BCUT2D eigenvalue weighted by atomic mass is 16.5. The van der Waals surface area contributed by atoms with E-state index in [1.165, 1.54) is 11.1 Å². The first-order chi connectivity index (χ1) is 17.9. The number of aromatic nitrogens is 2. The van der Waals surface area contributed by atoms with Crippen LogP contribution >= 0.6 is 0 Å². The summed E-state index contributed by atoms with van der Waals surface area (Å²) in [7, 11) is 3.45. The first-order valence-corrected chi connectivity index (χ1v) is 12.5. The Bertz CT molecular complexity index is 1160. The minimum atomic E-state index is -0.549. The Kier molecular flexibility index (Phi) is 8.92. The predicted molar refractivity (Wildman–Crippen MR) is 141 cm³/mol. The number of hydrogen-bond acceptors (Lipinski definition) is 6. The summed E-state index contributed by atoms with van der Waals surface area (Å²) in [6, 6.07) is 18.0. The topological polar surface area (TPSA) is 80.1 Å². The van der Waals surface area contributed by atoms with Crippen molar-refractivity contribution in [2.24, 2.45) is 0 Å². The van der Waals surface area contributed by atoms with E-state index in [0.717, 1.165) is 18.8 Å². The number of hydrogen-bond donors (Lipinski definition) is 0. The summed E-state index contributed by atoms with van der Waals surface area (Å²) in [5, 5.41) is 4.29. The highest BCUT2D eigenvalue weighted by molar-refractivity contribution is 5.96. The molecule has 0 N–H and O–H groups in total. The lowest BCUT2D eigenvalue weighted by Gasteiger charge is -2.33. The Morgan fingerprint density at radius 2 is 1.86 bits per heavy atom. The van der Waals surface area contributed by atoms with Crippen LogP contribution in [0.1, 0.15) is 11.1 Å². The minimum Gasteiger partial charge on any atom is -0.492 e. The van der Waals surface area contributed by atoms with Gasteiger partial charge in [-0.3, -0.25) is 19.2 Å². The number of anilines is 1. The Morgan fingerprint density at radius 1 is 1.11 bits per heavy atom. The molecule has 2 heterocycles. The van der Waals surface area contributed by atoms with Crippen molar-refractivity contribution in [3.63, 3.8) is 0 Å². The van der Waals surface area contributed by atoms with Crippen LogP contribution in [0.4, 0.5) is 5.69 Å². The fourth-order valence-electron chi connectivity index (χ4n) is 4.11. The van der Waals surface area contributed by atoms with Crippen LogP contribution in [-0.2, 0) is 27.4 Å². The average Bonchev–Trinajstić information content (AvgIpc) is 3.38. The van der Waals surface area contributed by atoms with Gasteiger partial charge < -0.3 is 19.3 Å². The smallest absolute Gasteiger partial charge is 0.257 e. The van der Waals surface area contributed by atoms with E-state index in [0.29, 0.717) is 32.0 Å². The zero-order valence-corrected chi connectivity index (χ0v) is 21.7. The number of ether oxygens (including phenoxy) is 2. The molecule has 3 aromatic rings. The lowest BCUT2D eigenvalue weighted by molar-refractivity contribution is -0.135. The maximum atomic E-state index is 13.1. The molecule has 1 fully saturated rings. The van der Waals surface area contributed by atoms with Crippen molar-refractivity contribution >= 4 is 17.5 Å². The fourth-order valence-corrected chi connectivity index (χ4v) is 4.11. The fraction of sp³-hybridized carbons (Fsp3) is 0.393. The third-order valence-electron chi connectivity index (χ3n) is 6.45. The maximum Gasteiger partial charge on any atom is 0.257 e. The molecule has 4 rings (SSSR count). The zero-order chi connectivity index (χ0) is 26.2. The summed E-state index contributed by atoms with van der Waals surface area (Å²) in [5.41, 5.74) is 3.00. The van der Waals surface area contributed by atoms with Crippen LogP contribution < -0.4 is 9.64 Å². The van der Waals surface area contributed by atoms with Crippen molar-refractivity contribution in [3.05, 3.63) is 78.1 Å². The minimum absolute atomic E-state index is 0.0772. The average molecular weight is 506 g/mol. The van der Waals surface area contributed by atoms with Crippen LogP contribution in [-0.4, -0.2) is 84.4 Å². The van der Waals surface area contributed by atoms with E-state index in [1.807, 2.05) is 49.4 Å². The van der Waals surface area contributed by atoms with Crippen LogP contribution in [0.2, 0.25) is 0 Å². The molecule has 1 aliphatic rings. The molecule has 1 atom stereocenters. The summed E-state index contributed by atoms with van der Waals surface area (Å²) in [6.45, 7) is 5.55. The predicted octanol–water partition coefficient (Wildman–Crippen LogP) is 2.59. The van der Waals surface area contributed by atoms with Crippen molar-refractivity contribution in [2.75, 3.05) is 51.8 Å². The molecule has 1 saturated heterocycles. The Labute approximate surface area is 218 Å². The van der Waals surface area contributed by atoms with Crippen LogP contribution in [0.25, 0.3) is 0 Å². The molecule has 9 nitrogen and oxygen atoms in total. The number of rotatable bonds is 10. The number of carbonyl (C=O) groups is 2. The van der Waals surface area contributed by atoms with Gasteiger partial charge in [-0.1, -0.05) is 48.0 Å². The summed E-state index contributed by atoms with van der Waals surface area (Å²) < 4.78 is 13.1. The molecular weight excluding hydrogens is 470 g/mol. The monoisotopic (exact) mass is 505 g/mol. The number of nitrogens with zero attached hydrogens (tertiary/aromatic N) is 5. The zero-order valence-electron chi connectivity index (χ0n) is 21.7. The highest BCUT2D eigenvalue weighted by Crippen LogP contribution is 2.17. The summed E-state index contributed by atoms with van der Waals surface area (Å²) in [5.74, 6) is 0.554. The van der Waals surface area contributed by atoms with Gasteiger partial charge in [-0.25, -0.2) is 0 Å². The summed E-state index contributed by atoms with van der Waals surface area (Å²) >= 11 is 0. The molecule has 1 aromatic heterocycles. The van der Waals surface area contributed by atoms with Gasteiger partial charge in [-0.15, -0.1) is 0 Å². The molecule has 2 aromatic carbocycles. The van der Waals surface area contributed by atoms with Crippen LogP contribution in [0.5, 0.6) is 5.75 Å². The van der Waals surface area contributed by atoms with Gasteiger partial charge in [0.1, 0.15) is 25.0 Å². The molecule has 9 heteroatoms. The molecule has 1 aliphatic heterocycles. The molecule has 196 valence electrons. The third-order valence-corrected chi connectivity index (χ3v) is 6.45. The van der Waals surface area contributed by atoms with Crippen molar-refractivity contribution in [1.82, 2.24) is 19.6 Å². The highest BCUT2D eigenvalue weighted by Gasteiger charge is 2.30. The molecule has 0 bridgehead atoms. The SMILES string of the molecule is Cc1ccc(OCCN(C)C(=O)Cn2cc(N(C)C(=O)C3CN(Cc4ccccc4)CCO3)cn2)cc1. The molecule has 0 spiro atoms. The quantitative estimate of drug-likeness (QED) is 0.422. The normalized spacial score (nSPS) is 15.8. The first-order valence-electron chi connectivity index (χ1n) is 12.5. The van der Waals surface area contributed by atoms with Crippen molar-refractivity contribution in [2.45, 2.75) is 26.1 Å². The maximum absolute atomic E-state index is 13.1. The number of carbonyl (C=O) groups excluding carboxylic acids is 2. The van der Waals surface area contributed by atoms with Gasteiger partial charge in [-0.2, -0.15) is 5.10 Å². The largest absolute Gasteiger partial charge is 0.492 e. The molecular formula is C28H35N5O4. The molecule has 37 heavy (non-hydrogen) atoms. The summed E-state index contributed by atoms with van der Waals surface area (Å²) in [6.07, 6.45) is 2.75. The number of amides is 2. The first kappa shape index (κ1) is 26.4. The van der Waals surface area contributed by atoms with Crippen LogP contribution in [0.15, 0.2) is 67.0 Å². The van der Waals surface area contributed by atoms with E-state index >= 15 is 0 Å². The second-order valence-corrected chi connectivity index (χ2v) is 9.35. The number of likely N-dealkylation sites (N-methyl/N-ethyl adjacent to an activating group) is 2. The van der Waals surface area contributed by atoms with Crippen molar-refractivity contribution in [3.8, 4) is 5.75 Å². The van der Waals surface area contributed by atoms with Gasteiger partial charge in [0, 0.05) is 39.9 Å². The van der Waals surface area contributed by atoms with E-state index in [-0.39, 0.29) is 18.4 Å². The Morgan fingerprint density at radius 3 is 2.62 bits per heavy atom. The molecule has 0 aliphatic carbocycles. The molecule has 0 saturated carbocycles. The van der Waals surface area contributed by atoms with Gasteiger partial charge in [0.2, 0.25) is 5.91 Å².